The highest BCUT2D eigenvalue weighted by molar-refractivity contribution is 6.28. The predicted molar refractivity (Wildman–Crippen MR) is 51.3 cm³/mol. The maximum Gasteiger partial charge on any atom is 0.417 e. The molecule has 3 fully saturated rings. The Balaban J connectivity index is 2.02. The number of ether oxygens (including phenoxy) is 1. The molecule has 15 heavy (non-hydrogen) atoms. The van der Waals surface area contributed by atoms with Gasteiger partial charge in [0.05, 0.1) is 0 Å². The fourth-order valence-corrected chi connectivity index (χ4v) is 2.63. The summed E-state index contributed by atoms with van der Waals surface area (Å²) in [6.07, 6.45) is 1.76. The van der Waals surface area contributed by atoms with Gasteiger partial charge >= 0.3 is 11.9 Å². The van der Waals surface area contributed by atoms with E-state index in [9.17, 15) is 9.59 Å². The lowest BCUT2D eigenvalue weighted by Crippen LogP contribution is -2.58. The van der Waals surface area contributed by atoms with Crippen molar-refractivity contribution in [2.75, 3.05) is 13.1 Å². The first-order valence-corrected chi connectivity index (χ1v) is 5.27. The molecule has 1 N–H and O–H groups in total. The van der Waals surface area contributed by atoms with E-state index in [-0.39, 0.29) is 12.1 Å². The van der Waals surface area contributed by atoms with E-state index in [0.717, 1.165) is 25.9 Å². The summed E-state index contributed by atoms with van der Waals surface area (Å²) in [5.41, 5.74) is 0. The molecule has 0 aromatic heterocycles. The van der Waals surface area contributed by atoms with Crippen LogP contribution >= 0.6 is 0 Å². The molecular formula is C10H15NO4. The van der Waals surface area contributed by atoms with Gasteiger partial charge in [-0.2, -0.15) is 0 Å². The van der Waals surface area contributed by atoms with Crippen LogP contribution in [-0.2, 0) is 14.3 Å². The van der Waals surface area contributed by atoms with E-state index in [2.05, 4.69) is 4.90 Å². The van der Waals surface area contributed by atoms with Crippen molar-refractivity contribution in [3.8, 4) is 0 Å². The van der Waals surface area contributed by atoms with Gasteiger partial charge in [0, 0.05) is 6.04 Å². The minimum atomic E-state index is -1.50. The minimum Gasteiger partial charge on any atom is -0.473 e. The van der Waals surface area contributed by atoms with Crippen LogP contribution in [0.5, 0.6) is 0 Å². The van der Waals surface area contributed by atoms with Crippen molar-refractivity contribution in [1.29, 1.82) is 0 Å². The highest BCUT2D eigenvalue weighted by atomic mass is 16.6. The summed E-state index contributed by atoms with van der Waals surface area (Å²) in [6, 6.07) is 0.154. The van der Waals surface area contributed by atoms with Crippen molar-refractivity contribution in [1.82, 2.24) is 4.90 Å². The summed E-state index contributed by atoms with van der Waals surface area (Å²) in [5, 5.41) is 8.48. The molecule has 3 aliphatic heterocycles. The number of piperidine rings is 3. The summed E-state index contributed by atoms with van der Waals surface area (Å²) in [4.78, 5) is 23.6. The summed E-state index contributed by atoms with van der Waals surface area (Å²) in [6.45, 7) is 4.06. The molecule has 3 saturated heterocycles. The molecule has 0 radical (unpaired) electrons. The van der Waals surface area contributed by atoms with Crippen molar-refractivity contribution >= 4 is 11.9 Å². The monoisotopic (exact) mass is 213 g/mol. The maximum atomic E-state index is 11.0. The zero-order valence-corrected chi connectivity index (χ0v) is 8.68. The Labute approximate surface area is 88.0 Å². The lowest BCUT2D eigenvalue weighted by molar-refractivity contribution is -0.177. The molecule has 1 unspecified atom stereocenters. The Morgan fingerprint density at radius 3 is 2.40 bits per heavy atom. The summed E-state index contributed by atoms with van der Waals surface area (Å²) in [7, 11) is 0. The van der Waals surface area contributed by atoms with E-state index in [4.69, 9.17) is 9.84 Å². The maximum absolute atomic E-state index is 11.0. The molecule has 5 nitrogen and oxygen atoms in total. The topological polar surface area (TPSA) is 66.8 Å². The second-order valence-electron chi connectivity index (χ2n) is 4.29. The van der Waals surface area contributed by atoms with Gasteiger partial charge in [0.25, 0.3) is 0 Å². The van der Waals surface area contributed by atoms with Gasteiger partial charge in [-0.1, -0.05) is 0 Å². The second kappa shape index (κ2) is 3.81. The average Bonchev–Trinajstić information content (AvgIpc) is 2.23. The van der Waals surface area contributed by atoms with E-state index in [0.29, 0.717) is 5.92 Å². The molecule has 3 heterocycles. The van der Waals surface area contributed by atoms with Gasteiger partial charge in [-0.15, -0.1) is 0 Å². The molecule has 84 valence electrons. The molecule has 2 atom stereocenters. The van der Waals surface area contributed by atoms with Gasteiger partial charge in [0.1, 0.15) is 6.10 Å². The standard InChI is InChI=1S/C10H15NO4/c1-6-8(15-10(14)9(12)13)7-2-4-11(6)5-3-7/h6-8H,2-5H2,1H3,(H,12,13)/t6-,8?/m0/s1. The molecule has 0 saturated carbocycles. The summed E-state index contributed by atoms with van der Waals surface area (Å²) >= 11 is 0. The van der Waals surface area contributed by atoms with Crippen LogP contribution < -0.4 is 0 Å². The van der Waals surface area contributed by atoms with Gasteiger partial charge < -0.3 is 9.84 Å². The Bertz CT molecular complexity index is 281. The molecule has 0 aromatic rings. The smallest absolute Gasteiger partial charge is 0.417 e. The van der Waals surface area contributed by atoms with Crippen LogP contribution in [0.25, 0.3) is 0 Å². The predicted octanol–water partition coefficient (Wildman–Crippen LogP) is 0.0969. The Morgan fingerprint density at radius 1 is 1.33 bits per heavy atom. The number of carbonyl (C=O) groups excluding carboxylic acids is 1. The van der Waals surface area contributed by atoms with Crippen LogP contribution in [0.15, 0.2) is 0 Å². The van der Waals surface area contributed by atoms with Gasteiger partial charge in [-0.3, -0.25) is 4.90 Å². The summed E-state index contributed by atoms with van der Waals surface area (Å²) < 4.78 is 5.02. The first kappa shape index (κ1) is 10.4. The van der Waals surface area contributed by atoms with E-state index < -0.39 is 11.9 Å². The average molecular weight is 213 g/mol. The van der Waals surface area contributed by atoms with Crippen molar-refractivity contribution in [3.05, 3.63) is 0 Å². The quantitative estimate of drug-likeness (QED) is 0.494. The van der Waals surface area contributed by atoms with Crippen LogP contribution in [0.3, 0.4) is 0 Å². The zero-order valence-electron chi connectivity index (χ0n) is 8.68. The largest absolute Gasteiger partial charge is 0.473 e. The van der Waals surface area contributed by atoms with Gasteiger partial charge in [0.2, 0.25) is 0 Å². The molecule has 3 aliphatic rings. The molecular weight excluding hydrogens is 198 g/mol. The van der Waals surface area contributed by atoms with Crippen LogP contribution in [0.1, 0.15) is 19.8 Å². The van der Waals surface area contributed by atoms with Crippen LogP contribution in [0.4, 0.5) is 0 Å². The van der Waals surface area contributed by atoms with Crippen molar-refractivity contribution < 1.29 is 19.4 Å². The van der Waals surface area contributed by atoms with E-state index in [1.54, 1.807) is 0 Å². The highest BCUT2D eigenvalue weighted by Gasteiger charge is 2.42. The first-order chi connectivity index (χ1) is 7.09. The number of fused-ring (bicyclic) bond motifs is 3. The summed E-state index contributed by atoms with van der Waals surface area (Å²) in [5.74, 6) is -2.28. The van der Waals surface area contributed by atoms with Crippen molar-refractivity contribution in [3.63, 3.8) is 0 Å². The molecule has 0 aromatic carbocycles. The first-order valence-electron chi connectivity index (χ1n) is 5.27. The SMILES string of the molecule is C[C@H]1C(OC(=O)C(=O)O)C2CCN1CC2. The Morgan fingerprint density at radius 2 is 1.93 bits per heavy atom. The van der Waals surface area contributed by atoms with E-state index >= 15 is 0 Å². The number of aliphatic carboxylic acids is 1. The highest BCUT2D eigenvalue weighted by Crippen LogP contribution is 2.34. The fourth-order valence-electron chi connectivity index (χ4n) is 2.63. The second-order valence-corrected chi connectivity index (χ2v) is 4.29. The molecule has 0 amide bonds. The number of carboxylic acid groups (broad SMARTS) is 1. The van der Waals surface area contributed by atoms with Crippen LogP contribution in [0.2, 0.25) is 0 Å². The zero-order chi connectivity index (χ0) is 11.0. The van der Waals surface area contributed by atoms with Crippen LogP contribution in [0, 0.1) is 5.92 Å². The number of carboxylic acids is 1. The van der Waals surface area contributed by atoms with Crippen molar-refractivity contribution in [2.45, 2.75) is 31.9 Å². The van der Waals surface area contributed by atoms with Crippen molar-refractivity contribution in [2.24, 2.45) is 5.92 Å². The number of carbonyl (C=O) groups is 2. The lowest BCUT2D eigenvalue weighted by Gasteiger charge is -2.48. The third-order valence-electron chi connectivity index (χ3n) is 3.51. The van der Waals surface area contributed by atoms with Gasteiger partial charge in [0.15, 0.2) is 0 Å². The molecule has 3 rings (SSSR count). The van der Waals surface area contributed by atoms with Gasteiger partial charge in [-0.25, -0.2) is 9.59 Å². The molecule has 2 bridgehead atoms. The van der Waals surface area contributed by atoms with Gasteiger partial charge in [-0.05, 0) is 38.8 Å². The molecule has 0 spiro atoms. The molecule has 5 heteroatoms. The number of rotatable bonds is 1. The Hall–Kier alpha value is -1.10. The van der Waals surface area contributed by atoms with E-state index in [1.807, 2.05) is 6.92 Å². The number of nitrogens with zero attached hydrogens (tertiary/aromatic N) is 1. The molecule has 0 aliphatic carbocycles. The number of esters is 1. The third-order valence-corrected chi connectivity index (χ3v) is 3.51. The number of hydrogen-bond donors (Lipinski definition) is 1. The Kier molecular flexibility index (Phi) is 2.65. The number of hydrogen-bond acceptors (Lipinski definition) is 4. The normalized spacial score (nSPS) is 38.7. The third kappa shape index (κ3) is 1.84. The van der Waals surface area contributed by atoms with E-state index in [1.165, 1.54) is 0 Å². The minimum absolute atomic E-state index is 0.154. The van der Waals surface area contributed by atoms with Crippen LogP contribution in [-0.4, -0.2) is 47.2 Å². The fraction of sp³-hybridized carbons (Fsp3) is 0.800. The lowest BCUT2D eigenvalue weighted by atomic mass is 9.81.